The van der Waals surface area contributed by atoms with Crippen LogP contribution in [-0.2, 0) is 9.59 Å². The Kier molecular flexibility index (Phi) is 4.26. The Morgan fingerprint density at radius 3 is 2.17 bits per heavy atom. The van der Waals surface area contributed by atoms with E-state index in [4.69, 9.17) is 23.8 Å². The van der Waals surface area contributed by atoms with Crippen molar-refractivity contribution in [2.45, 2.75) is 0 Å². The summed E-state index contributed by atoms with van der Waals surface area (Å²) in [6, 6.07) is 11.0. The molecule has 0 radical (unpaired) electrons. The third-order valence-electron chi connectivity index (χ3n) is 3.82. The maximum absolute atomic E-state index is 12.4. The van der Waals surface area contributed by atoms with Crippen LogP contribution in [-0.4, -0.2) is 45.4 Å². The number of halogens is 1. The monoisotopic (exact) mass is 359 g/mol. The van der Waals surface area contributed by atoms with Crippen LogP contribution >= 0.6 is 23.8 Å². The van der Waals surface area contributed by atoms with Crippen LogP contribution in [0.2, 0.25) is 5.02 Å². The molecule has 1 aromatic carbocycles. The van der Waals surface area contributed by atoms with Crippen LogP contribution in [0.15, 0.2) is 48.2 Å². The summed E-state index contributed by atoms with van der Waals surface area (Å²) in [5.41, 5.74) is 1.66. The van der Waals surface area contributed by atoms with Gasteiger partial charge in [-0.1, -0.05) is 11.6 Å². The van der Waals surface area contributed by atoms with Crippen LogP contribution in [0.25, 0.3) is 11.8 Å². The molecule has 0 saturated carbocycles. The molecular formula is C17H14ClN3O2S. The Bertz CT molecular complexity index is 844. The zero-order valence-corrected chi connectivity index (χ0v) is 14.6. The molecule has 0 unspecified atom stereocenters. The molecule has 0 N–H and O–H groups in total. The standard InChI is InChI=1S/C17H14ClN3O2S/c1-19-15(22)14(16(23)20(2)17(19)24)10-13-4-3-9-21(13)12-7-5-11(18)6-8-12/h3-10H,1-2H3. The Morgan fingerprint density at radius 1 is 1.00 bits per heavy atom. The molecule has 0 atom stereocenters. The Balaban J connectivity index is 2.05. The highest BCUT2D eigenvalue weighted by molar-refractivity contribution is 7.80. The molecule has 1 aliphatic heterocycles. The first-order valence-corrected chi connectivity index (χ1v) is 7.94. The SMILES string of the molecule is CN1C(=O)C(=Cc2cccn2-c2ccc(Cl)cc2)C(=O)N(C)C1=S. The first-order valence-electron chi connectivity index (χ1n) is 7.15. The fraction of sp³-hybridized carbons (Fsp3) is 0.118. The molecule has 0 bridgehead atoms. The van der Waals surface area contributed by atoms with Crippen LogP contribution < -0.4 is 0 Å². The molecule has 2 heterocycles. The zero-order chi connectivity index (χ0) is 17.4. The molecule has 0 spiro atoms. The van der Waals surface area contributed by atoms with Crippen molar-refractivity contribution in [3.05, 3.63) is 58.9 Å². The van der Waals surface area contributed by atoms with Crippen LogP contribution in [0.4, 0.5) is 0 Å². The summed E-state index contributed by atoms with van der Waals surface area (Å²) in [6.07, 6.45) is 3.43. The molecule has 5 nitrogen and oxygen atoms in total. The normalized spacial score (nSPS) is 15.3. The van der Waals surface area contributed by atoms with Gasteiger partial charge in [0, 0.05) is 36.7 Å². The lowest BCUT2D eigenvalue weighted by Crippen LogP contribution is -2.52. The summed E-state index contributed by atoms with van der Waals surface area (Å²) < 4.78 is 1.87. The lowest BCUT2D eigenvalue weighted by atomic mass is 10.1. The van der Waals surface area contributed by atoms with Gasteiger partial charge in [0.1, 0.15) is 5.57 Å². The van der Waals surface area contributed by atoms with Gasteiger partial charge < -0.3 is 4.57 Å². The number of aromatic nitrogens is 1. The lowest BCUT2D eigenvalue weighted by Gasteiger charge is -2.31. The van der Waals surface area contributed by atoms with Gasteiger partial charge in [0.15, 0.2) is 5.11 Å². The molecule has 3 rings (SSSR count). The largest absolute Gasteiger partial charge is 0.317 e. The van der Waals surface area contributed by atoms with E-state index in [-0.39, 0.29) is 10.7 Å². The number of amides is 2. The van der Waals surface area contributed by atoms with Gasteiger partial charge in [-0.2, -0.15) is 0 Å². The fourth-order valence-electron chi connectivity index (χ4n) is 2.47. The lowest BCUT2D eigenvalue weighted by molar-refractivity contribution is -0.132. The van der Waals surface area contributed by atoms with E-state index in [1.807, 2.05) is 35.0 Å². The number of nitrogens with zero attached hydrogens (tertiary/aromatic N) is 3. The van der Waals surface area contributed by atoms with Crippen molar-refractivity contribution in [3.8, 4) is 5.69 Å². The van der Waals surface area contributed by atoms with Crippen LogP contribution in [0.1, 0.15) is 5.69 Å². The minimum absolute atomic E-state index is 0.0718. The Labute approximate surface area is 149 Å². The van der Waals surface area contributed by atoms with Crippen LogP contribution in [0.5, 0.6) is 0 Å². The van der Waals surface area contributed by atoms with Crippen molar-refractivity contribution in [1.82, 2.24) is 14.4 Å². The molecule has 2 amide bonds. The fourth-order valence-corrected chi connectivity index (χ4v) is 2.76. The number of likely N-dealkylation sites (N-methyl/N-ethyl adjacent to an activating group) is 2. The number of thiocarbonyl (C=S) groups is 1. The summed E-state index contributed by atoms with van der Waals surface area (Å²) in [5.74, 6) is -0.820. The van der Waals surface area contributed by atoms with E-state index < -0.39 is 11.8 Å². The zero-order valence-electron chi connectivity index (χ0n) is 13.1. The molecule has 1 aliphatic rings. The molecule has 122 valence electrons. The van der Waals surface area contributed by atoms with Gasteiger partial charge >= 0.3 is 0 Å². The number of hydrogen-bond donors (Lipinski definition) is 0. The summed E-state index contributed by atoms with van der Waals surface area (Å²) in [6.45, 7) is 0. The predicted octanol–water partition coefficient (Wildman–Crippen LogP) is 2.73. The number of carbonyl (C=O) groups excluding carboxylic acids is 2. The minimum Gasteiger partial charge on any atom is -0.317 e. The molecule has 1 aromatic heterocycles. The smallest absolute Gasteiger partial charge is 0.265 e. The predicted molar refractivity (Wildman–Crippen MR) is 96.9 cm³/mol. The van der Waals surface area contributed by atoms with Crippen molar-refractivity contribution in [3.63, 3.8) is 0 Å². The van der Waals surface area contributed by atoms with Gasteiger partial charge in [0.05, 0.1) is 0 Å². The molecule has 1 fully saturated rings. The van der Waals surface area contributed by atoms with E-state index in [1.165, 1.54) is 9.80 Å². The van der Waals surface area contributed by atoms with Crippen molar-refractivity contribution in [2.75, 3.05) is 14.1 Å². The van der Waals surface area contributed by atoms with Crippen LogP contribution in [0, 0.1) is 0 Å². The Hall–Kier alpha value is -2.44. The number of hydrogen-bond acceptors (Lipinski definition) is 3. The van der Waals surface area contributed by atoms with Gasteiger partial charge in [0.2, 0.25) is 0 Å². The van der Waals surface area contributed by atoms with E-state index in [0.29, 0.717) is 10.7 Å². The molecule has 24 heavy (non-hydrogen) atoms. The minimum atomic E-state index is -0.410. The third kappa shape index (κ3) is 2.74. The van der Waals surface area contributed by atoms with Crippen LogP contribution in [0.3, 0.4) is 0 Å². The average Bonchev–Trinajstić information content (AvgIpc) is 3.04. The first-order chi connectivity index (χ1) is 11.4. The number of rotatable bonds is 2. The molecule has 7 heteroatoms. The Morgan fingerprint density at radius 2 is 1.58 bits per heavy atom. The maximum Gasteiger partial charge on any atom is 0.265 e. The van der Waals surface area contributed by atoms with Crippen molar-refractivity contribution < 1.29 is 9.59 Å². The van der Waals surface area contributed by atoms with E-state index >= 15 is 0 Å². The average molecular weight is 360 g/mol. The van der Waals surface area contributed by atoms with E-state index in [9.17, 15) is 9.59 Å². The van der Waals surface area contributed by atoms with Crippen molar-refractivity contribution >= 4 is 46.8 Å². The van der Waals surface area contributed by atoms with E-state index in [1.54, 1.807) is 32.3 Å². The van der Waals surface area contributed by atoms with Gasteiger partial charge in [-0.05, 0) is 54.7 Å². The van der Waals surface area contributed by atoms with Gasteiger partial charge in [-0.3, -0.25) is 19.4 Å². The molecular weight excluding hydrogens is 346 g/mol. The summed E-state index contributed by atoms with van der Waals surface area (Å²) in [5, 5.41) is 0.829. The number of carbonyl (C=O) groups is 2. The second kappa shape index (κ2) is 6.22. The van der Waals surface area contributed by atoms with Gasteiger partial charge in [0.25, 0.3) is 11.8 Å². The van der Waals surface area contributed by atoms with Gasteiger partial charge in [-0.15, -0.1) is 0 Å². The first kappa shape index (κ1) is 16.4. The van der Waals surface area contributed by atoms with E-state index in [2.05, 4.69) is 0 Å². The summed E-state index contributed by atoms with van der Waals surface area (Å²) in [4.78, 5) is 27.4. The highest BCUT2D eigenvalue weighted by atomic mass is 35.5. The maximum atomic E-state index is 12.4. The van der Waals surface area contributed by atoms with Gasteiger partial charge in [-0.25, -0.2) is 0 Å². The quantitative estimate of drug-likeness (QED) is 0.470. The van der Waals surface area contributed by atoms with Crippen molar-refractivity contribution in [2.24, 2.45) is 0 Å². The molecule has 0 aliphatic carbocycles. The number of benzene rings is 1. The topological polar surface area (TPSA) is 45.6 Å². The third-order valence-corrected chi connectivity index (χ3v) is 4.62. The molecule has 2 aromatic rings. The van der Waals surface area contributed by atoms with E-state index in [0.717, 1.165) is 5.69 Å². The summed E-state index contributed by atoms with van der Waals surface area (Å²) in [7, 11) is 3.11. The second-order valence-corrected chi connectivity index (χ2v) is 6.15. The molecule has 1 saturated heterocycles. The van der Waals surface area contributed by atoms with Crippen molar-refractivity contribution in [1.29, 1.82) is 0 Å². The summed E-state index contributed by atoms with van der Waals surface area (Å²) >= 11 is 11.0. The highest BCUT2D eigenvalue weighted by Crippen LogP contribution is 2.21. The second-order valence-electron chi connectivity index (χ2n) is 5.35. The highest BCUT2D eigenvalue weighted by Gasteiger charge is 2.35.